The lowest BCUT2D eigenvalue weighted by atomic mass is 9.89. The van der Waals surface area contributed by atoms with E-state index in [9.17, 15) is 4.79 Å². The van der Waals surface area contributed by atoms with Crippen molar-refractivity contribution in [2.45, 2.75) is 51.2 Å². The van der Waals surface area contributed by atoms with Gasteiger partial charge in [-0.2, -0.15) is 5.10 Å². The first-order chi connectivity index (χ1) is 15.4. The highest BCUT2D eigenvalue weighted by atomic mass is 28.3. The molecule has 1 fully saturated rings. The van der Waals surface area contributed by atoms with Crippen LogP contribution in [0, 0.1) is 0 Å². The maximum atomic E-state index is 13.2. The predicted octanol–water partition coefficient (Wildman–Crippen LogP) is 5.17. The van der Waals surface area contributed by atoms with Crippen molar-refractivity contribution in [1.82, 2.24) is 14.8 Å². The molecule has 6 nitrogen and oxygen atoms in total. The van der Waals surface area contributed by atoms with Gasteiger partial charge < -0.3 is 4.74 Å². The number of carbonyl (C=O) groups excluding carboxylic acids is 1. The van der Waals surface area contributed by atoms with Crippen molar-refractivity contribution in [3.63, 3.8) is 0 Å². The summed E-state index contributed by atoms with van der Waals surface area (Å²) in [4.78, 5) is 19.2. The molecule has 1 unspecified atom stereocenters. The van der Waals surface area contributed by atoms with Gasteiger partial charge >= 0.3 is 0 Å². The van der Waals surface area contributed by atoms with E-state index < -0.39 is 8.07 Å². The summed E-state index contributed by atoms with van der Waals surface area (Å²) in [6, 6.07) is 17.3. The third kappa shape index (κ3) is 5.52. The fourth-order valence-corrected chi connectivity index (χ4v) is 4.75. The van der Waals surface area contributed by atoms with Crippen molar-refractivity contribution in [1.29, 1.82) is 0 Å². The van der Waals surface area contributed by atoms with E-state index in [-0.39, 0.29) is 11.8 Å². The normalized spacial score (nSPS) is 17.0. The highest BCUT2D eigenvalue weighted by Gasteiger charge is 2.30. The molecule has 0 spiro atoms. The van der Waals surface area contributed by atoms with E-state index in [1.165, 1.54) is 5.56 Å². The molecule has 168 valence electrons. The van der Waals surface area contributed by atoms with Crippen LogP contribution in [0.25, 0.3) is 11.3 Å². The maximum Gasteiger partial charge on any atom is 0.228 e. The summed E-state index contributed by atoms with van der Waals surface area (Å²) in [5.74, 6) is 1.21. The molecule has 1 aromatic carbocycles. The summed E-state index contributed by atoms with van der Waals surface area (Å²) in [6.07, 6.45) is 4.96. The van der Waals surface area contributed by atoms with E-state index in [0.29, 0.717) is 26.3 Å². The molecule has 3 heterocycles. The Hall–Kier alpha value is -2.77. The lowest BCUT2D eigenvalue weighted by Gasteiger charge is -2.32. The van der Waals surface area contributed by atoms with Crippen LogP contribution in [0.4, 0.5) is 5.82 Å². The fourth-order valence-electron chi connectivity index (χ4n) is 4.00. The summed E-state index contributed by atoms with van der Waals surface area (Å²) < 4.78 is 7.82. The number of hydrogen-bond donors (Lipinski definition) is 0. The lowest BCUT2D eigenvalue weighted by Crippen LogP contribution is -2.39. The van der Waals surface area contributed by atoms with E-state index in [1.54, 1.807) is 12.4 Å². The Morgan fingerprint density at radius 1 is 1.09 bits per heavy atom. The average molecular weight is 449 g/mol. The second kappa shape index (κ2) is 9.79. The van der Waals surface area contributed by atoms with E-state index >= 15 is 0 Å². The Morgan fingerprint density at radius 3 is 2.53 bits per heavy atom. The largest absolute Gasteiger partial charge is 0.359 e. The van der Waals surface area contributed by atoms with Gasteiger partial charge in [0.2, 0.25) is 5.91 Å². The molecule has 0 aliphatic carbocycles. The molecule has 1 aliphatic rings. The number of amides is 1. The molecule has 1 aliphatic heterocycles. The highest BCUT2D eigenvalue weighted by Crippen LogP contribution is 2.33. The van der Waals surface area contributed by atoms with Gasteiger partial charge in [0.15, 0.2) is 0 Å². The van der Waals surface area contributed by atoms with Crippen LogP contribution in [0.15, 0.2) is 60.9 Å². The molecule has 1 saturated heterocycles. The Kier molecular flexibility index (Phi) is 6.86. The monoisotopic (exact) mass is 448 g/mol. The molecule has 0 bridgehead atoms. The van der Waals surface area contributed by atoms with E-state index in [4.69, 9.17) is 9.84 Å². The molecular formula is C25H32N4O2Si. The van der Waals surface area contributed by atoms with Crippen LogP contribution >= 0.6 is 0 Å². The molecular weight excluding hydrogens is 416 g/mol. The molecule has 0 saturated carbocycles. The molecule has 1 amide bonds. The van der Waals surface area contributed by atoms with Crippen molar-refractivity contribution in [2.75, 3.05) is 18.1 Å². The van der Waals surface area contributed by atoms with Gasteiger partial charge in [0.25, 0.3) is 0 Å². The number of aromatic nitrogens is 3. The van der Waals surface area contributed by atoms with Gasteiger partial charge in [-0.3, -0.25) is 14.7 Å². The fraction of sp³-hybridized carbons (Fsp3) is 0.400. The third-order valence-corrected chi connectivity index (χ3v) is 7.62. The first-order valence-corrected chi connectivity index (χ1v) is 15.0. The highest BCUT2D eigenvalue weighted by molar-refractivity contribution is 6.76. The van der Waals surface area contributed by atoms with Crippen LogP contribution in [-0.4, -0.2) is 41.9 Å². The van der Waals surface area contributed by atoms with Crippen molar-refractivity contribution < 1.29 is 9.53 Å². The third-order valence-electron chi connectivity index (χ3n) is 5.92. The molecule has 2 aromatic heterocycles. The van der Waals surface area contributed by atoms with Crippen LogP contribution in [0.3, 0.4) is 0 Å². The van der Waals surface area contributed by atoms with E-state index in [0.717, 1.165) is 29.5 Å². The Balaban J connectivity index is 1.53. The number of hydrogen-bond acceptors (Lipinski definition) is 4. The minimum Gasteiger partial charge on any atom is -0.359 e. The van der Waals surface area contributed by atoms with Crippen LogP contribution in [0.1, 0.15) is 24.3 Å². The van der Waals surface area contributed by atoms with Crippen molar-refractivity contribution >= 4 is 19.8 Å². The van der Waals surface area contributed by atoms with Crippen molar-refractivity contribution in [3.05, 3.63) is 66.5 Å². The zero-order valence-corrected chi connectivity index (χ0v) is 20.2. The first-order valence-electron chi connectivity index (χ1n) is 11.3. The van der Waals surface area contributed by atoms with Crippen LogP contribution < -0.4 is 4.90 Å². The van der Waals surface area contributed by atoms with Gasteiger partial charge in [0.05, 0.1) is 5.69 Å². The number of ether oxygens (including phenoxy) is 1. The van der Waals surface area contributed by atoms with Gasteiger partial charge in [0, 0.05) is 51.7 Å². The summed E-state index contributed by atoms with van der Waals surface area (Å²) in [7, 11) is -1.17. The molecule has 3 aromatic rings. The lowest BCUT2D eigenvalue weighted by molar-refractivity contribution is -0.120. The first kappa shape index (κ1) is 22.4. The molecule has 0 N–H and O–H groups in total. The van der Waals surface area contributed by atoms with Crippen LogP contribution in [0.2, 0.25) is 25.7 Å². The van der Waals surface area contributed by atoms with Gasteiger partial charge in [-0.15, -0.1) is 0 Å². The van der Waals surface area contributed by atoms with Gasteiger partial charge in [-0.25, -0.2) is 4.68 Å². The number of piperidine rings is 1. The molecule has 7 heteroatoms. The second-order valence-corrected chi connectivity index (χ2v) is 15.2. The summed E-state index contributed by atoms with van der Waals surface area (Å²) in [6.45, 7) is 8.75. The number of nitrogens with zero attached hydrogens (tertiary/aromatic N) is 4. The number of anilines is 1. The molecule has 32 heavy (non-hydrogen) atoms. The smallest absolute Gasteiger partial charge is 0.228 e. The summed E-state index contributed by atoms with van der Waals surface area (Å²) in [5, 5.41) is 4.78. The SMILES string of the molecule is C[Si](C)(C)CCOCn1nc(-c2ccncc2)cc1N1CCC(c2ccccc2)CC1=O. The topological polar surface area (TPSA) is 60.2 Å². The van der Waals surface area contributed by atoms with Gasteiger partial charge in [0.1, 0.15) is 12.5 Å². The molecule has 4 rings (SSSR count). The predicted molar refractivity (Wildman–Crippen MR) is 130 cm³/mol. The van der Waals surface area contributed by atoms with Crippen LogP contribution in [-0.2, 0) is 16.3 Å². The number of benzene rings is 1. The van der Waals surface area contributed by atoms with Crippen molar-refractivity contribution in [2.24, 2.45) is 0 Å². The van der Waals surface area contributed by atoms with Crippen molar-refractivity contribution in [3.8, 4) is 11.3 Å². The number of rotatable bonds is 8. The minimum absolute atomic E-state index is 0.134. The second-order valence-electron chi connectivity index (χ2n) is 9.62. The Morgan fingerprint density at radius 2 is 1.84 bits per heavy atom. The Bertz CT molecular complexity index is 1030. The number of pyridine rings is 1. The number of carbonyl (C=O) groups is 1. The quantitative estimate of drug-likeness (QED) is 0.352. The summed E-state index contributed by atoms with van der Waals surface area (Å²) >= 11 is 0. The average Bonchev–Trinajstić information content (AvgIpc) is 3.21. The van der Waals surface area contributed by atoms with Crippen LogP contribution in [0.5, 0.6) is 0 Å². The van der Waals surface area contributed by atoms with E-state index in [1.807, 2.05) is 46.0 Å². The zero-order valence-electron chi connectivity index (χ0n) is 19.2. The van der Waals surface area contributed by atoms with Gasteiger partial charge in [-0.05, 0) is 36.1 Å². The zero-order chi connectivity index (χ0) is 22.6. The van der Waals surface area contributed by atoms with Gasteiger partial charge in [-0.1, -0.05) is 50.0 Å². The minimum atomic E-state index is -1.17. The maximum absolute atomic E-state index is 13.2. The Labute approximate surface area is 191 Å². The summed E-state index contributed by atoms with van der Waals surface area (Å²) in [5.41, 5.74) is 3.05. The van der Waals surface area contributed by atoms with E-state index in [2.05, 4.69) is 36.8 Å². The standard InChI is InChI=1S/C25H32N4O2Si/c1-32(2,3)16-15-31-19-29-24(18-23(27-29)21-9-12-26-13-10-21)28-14-11-22(17-25(28)30)20-7-5-4-6-8-20/h4-10,12-13,18,22H,11,14-17,19H2,1-3H3. The molecule has 1 atom stereocenters. The molecule has 0 radical (unpaired) electrons.